The molecule has 0 aromatic rings. The number of hydrogen-bond donors (Lipinski definition) is 0. The fourth-order valence-electron chi connectivity index (χ4n) is 0.418. The van der Waals surface area contributed by atoms with E-state index in [1.165, 1.54) is 0 Å². The zero-order chi connectivity index (χ0) is 11.6. The van der Waals surface area contributed by atoms with Gasteiger partial charge in [0.15, 0.2) is 6.61 Å². The molecular weight excluding hydrogens is 225 g/mol. The number of rotatable bonds is 4. The normalized spacial score (nSPS) is 13.9. The molecule has 14 heavy (non-hydrogen) atoms. The first-order valence-electron chi connectivity index (χ1n) is 2.87. The molecule has 0 rings (SSSR count). The van der Waals surface area contributed by atoms with E-state index in [9.17, 15) is 35.5 Å². The smallest absolute Gasteiger partial charge is 0.451 e. The Morgan fingerprint density at radius 3 is 1.71 bits per heavy atom. The Bertz CT molecular complexity index is 209. The lowest BCUT2D eigenvalue weighted by Crippen LogP contribution is -2.54. The third kappa shape index (κ3) is 2.26. The van der Waals surface area contributed by atoms with Crippen LogP contribution >= 0.6 is 0 Å². The van der Waals surface area contributed by atoms with Gasteiger partial charge in [0.05, 0.1) is 0 Å². The van der Waals surface area contributed by atoms with E-state index in [1.807, 2.05) is 0 Å². The maximum absolute atomic E-state index is 12.1. The van der Waals surface area contributed by atoms with Gasteiger partial charge in [0, 0.05) is 0 Å². The second-order valence-electron chi connectivity index (χ2n) is 2.15. The zero-order valence-electron chi connectivity index (χ0n) is 6.17. The summed E-state index contributed by atoms with van der Waals surface area (Å²) in [5, 5.41) is 0. The van der Waals surface area contributed by atoms with Crippen molar-refractivity contribution in [3.8, 4) is 0 Å². The van der Waals surface area contributed by atoms with Crippen LogP contribution < -0.4 is 0 Å². The molecule has 0 saturated heterocycles. The van der Waals surface area contributed by atoms with Gasteiger partial charge in [0.2, 0.25) is 0 Å². The van der Waals surface area contributed by atoms with E-state index < -0.39 is 24.6 Å². The highest BCUT2D eigenvalue weighted by Crippen LogP contribution is 2.46. The summed E-state index contributed by atoms with van der Waals surface area (Å²) >= 11 is 0. The van der Waals surface area contributed by atoms with Crippen LogP contribution in [0.2, 0.25) is 0 Å². The minimum Gasteiger partial charge on any atom is -0.451 e. The van der Waals surface area contributed by atoms with Gasteiger partial charge < -0.3 is 4.74 Å². The van der Waals surface area contributed by atoms with Crippen LogP contribution in [-0.2, 0) is 9.53 Å². The maximum atomic E-state index is 12.1. The van der Waals surface area contributed by atoms with Crippen molar-refractivity contribution in [1.29, 1.82) is 0 Å². The fourth-order valence-corrected chi connectivity index (χ4v) is 0.418. The summed E-state index contributed by atoms with van der Waals surface area (Å²) in [4.78, 5) is 9.22. The molecule has 2 nitrogen and oxygen atoms in total. The molecule has 0 fully saturated rings. The first kappa shape index (κ1) is 13.0. The lowest BCUT2D eigenvalue weighted by atomic mass is 10.2. The van der Waals surface area contributed by atoms with Crippen LogP contribution in [0.3, 0.4) is 0 Å². The fraction of sp³-hybridized carbons (Fsp3) is 0.800. The maximum Gasteiger partial charge on any atom is 0.460 e. The Labute approximate surface area is 72.6 Å². The van der Waals surface area contributed by atoms with Crippen molar-refractivity contribution in [3.05, 3.63) is 0 Å². The molecule has 0 unspecified atom stereocenters. The van der Waals surface area contributed by atoms with Gasteiger partial charge in [-0.2, -0.15) is 30.7 Å². The van der Waals surface area contributed by atoms with E-state index in [0.717, 1.165) is 0 Å². The van der Waals surface area contributed by atoms with Gasteiger partial charge in [-0.3, -0.25) is 0 Å². The predicted molar refractivity (Wildman–Crippen MR) is 27.6 cm³/mol. The standard InChI is InChI=1S/C5H2F7O2/c6-3(7,1-14-2-13)4(8,9)5(10,11)12/h1H2. The highest BCUT2D eigenvalue weighted by atomic mass is 19.4. The molecule has 0 aromatic carbocycles. The molecule has 0 amide bonds. The Morgan fingerprint density at radius 1 is 1.00 bits per heavy atom. The summed E-state index contributed by atoms with van der Waals surface area (Å²) in [5.74, 6) is -11.8. The van der Waals surface area contributed by atoms with Gasteiger partial charge in [0.25, 0.3) is 0 Å². The number of ether oxygens (including phenoxy) is 1. The van der Waals surface area contributed by atoms with Crippen LogP contribution in [0.1, 0.15) is 0 Å². The molecule has 83 valence electrons. The molecule has 0 heterocycles. The molecule has 0 atom stereocenters. The van der Waals surface area contributed by atoms with Crippen LogP contribution in [0.4, 0.5) is 30.7 Å². The van der Waals surface area contributed by atoms with E-state index in [2.05, 4.69) is 4.74 Å². The third-order valence-electron chi connectivity index (χ3n) is 1.13. The number of alkyl halides is 7. The van der Waals surface area contributed by atoms with Crippen molar-refractivity contribution in [3.63, 3.8) is 0 Å². The summed E-state index contributed by atoms with van der Waals surface area (Å²) in [6.45, 7) is -2.07. The van der Waals surface area contributed by atoms with Crippen molar-refractivity contribution in [2.24, 2.45) is 0 Å². The lowest BCUT2D eigenvalue weighted by Gasteiger charge is -2.26. The summed E-state index contributed by atoms with van der Waals surface area (Å²) < 4.78 is 85.3. The van der Waals surface area contributed by atoms with Crippen LogP contribution in [-0.4, -0.2) is 31.1 Å². The molecule has 0 aliphatic heterocycles. The Kier molecular flexibility index (Phi) is 3.35. The molecule has 0 saturated carbocycles. The Morgan fingerprint density at radius 2 is 1.43 bits per heavy atom. The molecule has 0 spiro atoms. The molecule has 0 bridgehead atoms. The van der Waals surface area contributed by atoms with Crippen molar-refractivity contribution in [2.45, 2.75) is 18.0 Å². The molecule has 0 N–H and O–H groups in total. The third-order valence-corrected chi connectivity index (χ3v) is 1.13. The van der Waals surface area contributed by atoms with E-state index >= 15 is 0 Å². The average Bonchev–Trinajstić information content (AvgIpc) is 1.98. The van der Waals surface area contributed by atoms with Crippen LogP contribution in [0.25, 0.3) is 0 Å². The zero-order valence-corrected chi connectivity index (χ0v) is 6.17. The summed E-state index contributed by atoms with van der Waals surface area (Å²) in [5.41, 5.74) is 0. The van der Waals surface area contributed by atoms with Crippen LogP contribution in [0.5, 0.6) is 0 Å². The summed E-state index contributed by atoms with van der Waals surface area (Å²) in [6.07, 6.45) is -6.41. The molecule has 9 heteroatoms. The van der Waals surface area contributed by atoms with Gasteiger partial charge in [-0.05, 0) is 0 Å². The largest absolute Gasteiger partial charge is 0.460 e. The lowest BCUT2D eigenvalue weighted by molar-refractivity contribution is -0.358. The minimum atomic E-state index is -6.41. The van der Waals surface area contributed by atoms with Crippen molar-refractivity contribution in [1.82, 2.24) is 0 Å². The molecule has 0 aromatic heterocycles. The summed E-state index contributed by atoms with van der Waals surface area (Å²) in [6, 6.07) is 0. The van der Waals surface area contributed by atoms with Gasteiger partial charge >= 0.3 is 24.5 Å². The molecular formula is C5H2F7O2. The van der Waals surface area contributed by atoms with Gasteiger partial charge in [-0.15, -0.1) is 0 Å². The second kappa shape index (κ2) is 3.62. The minimum absolute atomic E-state index is 0.317. The van der Waals surface area contributed by atoms with Gasteiger partial charge in [-0.1, -0.05) is 0 Å². The van der Waals surface area contributed by atoms with E-state index in [4.69, 9.17) is 0 Å². The van der Waals surface area contributed by atoms with E-state index in [1.54, 1.807) is 0 Å². The Hall–Kier alpha value is -1.02. The predicted octanol–water partition coefficient (Wildman–Crippen LogP) is 1.90. The second-order valence-corrected chi connectivity index (χ2v) is 2.15. The van der Waals surface area contributed by atoms with E-state index in [0.29, 0.717) is 6.47 Å². The molecule has 0 aliphatic carbocycles. The quantitative estimate of drug-likeness (QED) is 0.685. The van der Waals surface area contributed by atoms with Crippen molar-refractivity contribution >= 4 is 6.47 Å². The topological polar surface area (TPSA) is 26.3 Å². The van der Waals surface area contributed by atoms with E-state index in [-0.39, 0.29) is 0 Å². The molecule has 0 aliphatic rings. The number of halogens is 7. The number of hydrogen-bond acceptors (Lipinski definition) is 2. The number of carbonyl (C=O) groups excluding carboxylic acids is 1. The van der Waals surface area contributed by atoms with Crippen LogP contribution in [0, 0.1) is 0 Å². The van der Waals surface area contributed by atoms with Crippen LogP contribution in [0.15, 0.2) is 0 Å². The molecule has 1 radical (unpaired) electrons. The Balaban J connectivity index is 4.77. The van der Waals surface area contributed by atoms with Gasteiger partial charge in [0.1, 0.15) is 0 Å². The highest BCUT2D eigenvalue weighted by Gasteiger charge is 2.73. The van der Waals surface area contributed by atoms with Crippen molar-refractivity contribution < 1.29 is 40.3 Å². The SMILES string of the molecule is O=[C]OCC(F)(F)C(F)(F)C(F)(F)F. The monoisotopic (exact) mass is 227 g/mol. The summed E-state index contributed by atoms with van der Waals surface area (Å²) in [7, 11) is 0. The van der Waals surface area contributed by atoms with Crippen molar-refractivity contribution in [2.75, 3.05) is 6.61 Å². The highest BCUT2D eigenvalue weighted by molar-refractivity contribution is 5.38. The first-order chi connectivity index (χ1) is 6.06. The average molecular weight is 227 g/mol. The first-order valence-corrected chi connectivity index (χ1v) is 2.87. The van der Waals surface area contributed by atoms with Gasteiger partial charge in [-0.25, -0.2) is 4.79 Å².